The van der Waals surface area contributed by atoms with Gasteiger partial charge in [0.2, 0.25) is 0 Å². The summed E-state index contributed by atoms with van der Waals surface area (Å²) >= 11 is 1.24. The van der Waals surface area contributed by atoms with E-state index in [2.05, 4.69) is 5.32 Å². The lowest BCUT2D eigenvalue weighted by Crippen LogP contribution is -2.42. The third kappa shape index (κ3) is 21.7. The smallest absolute Gasteiger partial charge is 0.407 e. The van der Waals surface area contributed by atoms with Crippen LogP contribution in [-0.2, 0) is 9.53 Å². The number of amides is 1. The maximum absolute atomic E-state index is 11.1. The van der Waals surface area contributed by atoms with Crippen molar-refractivity contribution in [3.63, 3.8) is 0 Å². The highest BCUT2D eigenvalue weighted by Gasteiger charge is 2.22. The molecular formula is C16H35NO3S. The maximum atomic E-state index is 11.1. The summed E-state index contributed by atoms with van der Waals surface area (Å²) in [6.45, 7) is 15.2. The van der Waals surface area contributed by atoms with Crippen molar-refractivity contribution in [2.75, 3.05) is 6.26 Å². The Labute approximate surface area is 135 Å². The van der Waals surface area contributed by atoms with Gasteiger partial charge in [0.25, 0.3) is 0 Å². The van der Waals surface area contributed by atoms with Crippen molar-refractivity contribution in [1.82, 2.24) is 5.32 Å². The van der Waals surface area contributed by atoms with Crippen LogP contribution in [-0.4, -0.2) is 29.1 Å². The van der Waals surface area contributed by atoms with Gasteiger partial charge in [-0.3, -0.25) is 4.79 Å². The van der Waals surface area contributed by atoms with Crippen LogP contribution in [0.5, 0.6) is 0 Å². The zero-order valence-electron chi connectivity index (χ0n) is 15.3. The van der Waals surface area contributed by atoms with E-state index in [9.17, 15) is 9.59 Å². The summed E-state index contributed by atoms with van der Waals surface area (Å²) in [7, 11) is 0. The fourth-order valence-electron chi connectivity index (χ4n) is 1.03. The second-order valence-electron chi connectivity index (χ2n) is 4.97. The first kappa shape index (κ1) is 25.3. The molecule has 0 unspecified atom stereocenters. The molecule has 21 heavy (non-hydrogen) atoms. The molecule has 1 aliphatic carbocycles. The molecule has 0 bridgehead atoms. The number of hydrogen-bond acceptors (Lipinski definition) is 4. The monoisotopic (exact) mass is 321 g/mol. The van der Waals surface area contributed by atoms with Gasteiger partial charge >= 0.3 is 6.09 Å². The van der Waals surface area contributed by atoms with Crippen LogP contribution >= 0.6 is 11.8 Å². The van der Waals surface area contributed by atoms with Crippen LogP contribution < -0.4 is 5.32 Å². The topological polar surface area (TPSA) is 55.4 Å². The van der Waals surface area contributed by atoms with Crippen molar-refractivity contribution in [3.8, 4) is 0 Å². The van der Waals surface area contributed by atoms with Gasteiger partial charge in [-0.15, -0.1) is 0 Å². The van der Waals surface area contributed by atoms with Gasteiger partial charge in [-0.25, -0.2) is 4.79 Å². The van der Waals surface area contributed by atoms with Crippen LogP contribution in [0.4, 0.5) is 4.79 Å². The van der Waals surface area contributed by atoms with E-state index in [0.29, 0.717) is 6.04 Å². The highest BCUT2D eigenvalue weighted by molar-refractivity contribution is 8.12. The Morgan fingerprint density at radius 2 is 1.48 bits per heavy atom. The fourth-order valence-corrected chi connectivity index (χ4v) is 1.03. The molecule has 0 radical (unpaired) electrons. The minimum absolute atomic E-state index is 0.171. The van der Waals surface area contributed by atoms with Crippen molar-refractivity contribution in [1.29, 1.82) is 0 Å². The van der Waals surface area contributed by atoms with Crippen LogP contribution in [0.3, 0.4) is 0 Å². The maximum Gasteiger partial charge on any atom is 0.407 e. The average Bonchev–Trinajstić information content (AvgIpc) is 2.37. The van der Waals surface area contributed by atoms with E-state index < -0.39 is 0 Å². The zero-order valence-corrected chi connectivity index (χ0v) is 16.1. The molecule has 1 N–H and O–H groups in total. The molecule has 0 aromatic rings. The van der Waals surface area contributed by atoms with E-state index in [1.54, 1.807) is 13.2 Å². The molecule has 1 rings (SSSR count). The number of hydrogen-bond donors (Lipinski definition) is 1. The standard InChI is InChI=1S/C9H17NO2.C3H6OS.2C2H6/c1-9(2,3)12-8(11)10-7-5-4-6-7;1-3(4)5-2;2*1-2/h7H,4-6H2,1-3H3,(H,10,11);1-2H3;2*1-2H3. The number of carbonyl (C=O) groups excluding carboxylic acids is 2. The molecule has 1 amide bonds. The Bertz CT molecular complexity index is 259. The lowest BCUT2D eigenvalue weighted by atomic mass is 9.93. The zero-order chi connectivity index (χ0) is 17.5. The Morgan fingerprint density at radius 1 is 1.10 bits per heavy atom. The molecule has 0 heterocycles. The van der Waals surface area contributed by atoms with Gasteiger partial charge in [0.05, 0.1) is 0 Å². The number of thioether (sulfide) groups is 1. The highest BCUT2D eigenvalue weighted by Crippen LogP contribution is 2.18. The average molecular weight is 322 g/mol. The Kier molecular flexibility index (Phi) is 18.9. The van der Waals surface area contributed by atoms with E-state index in [1.165, 1.54) is 18.2 Å². The van der Waals surface area contributed by atoms with Gasteiger partial charge in [0.1, 0.15) is 5.60 Å². The largest absolute Gasteiger partial charge is 0.444 e. The Hall–Kier alpha value is -0.710. The normalized spacial score (nSPS) is 12.8. The Morgan fingerprint density at radius 3 is 1.67 bits per heavy atom. The molecule has 0 aromatic carbocycles. The first-order chi connectivity index (χ1) is 9.74. The molecule has 4 nitrogen and oxygen atoms in total. The van der Waals surface area contributed by atoms with Gasteiger partial charge < -0.3 is 10.1 Å². The quantitative estimate of drug-likeness (QED) is 0.737. The van der Waals surface area contributed by atoms with Crippen molar-refractivity contribution in [2.45, 2.75) is 86.3 Å². The van der Waals surface area contributed by atoms with Crippen molar-refractivity contribution >= 4 is 23.0 Å². The second kappa shape index (κ2) is 15.7. The van der Waals surface area contributed by atoms with Crippen LogP contribution in [0.1, 0.15) is 74.7 Å². The number of nitrogens with one attached hydrogen (secondary N) is 1. The summed E-state index contributed by atoms with van der Waals surface area (Å²) in [5, 5.41) is 2.98. The van der Waals surface area contributed by atoms with Crippen LogP contribution in [0, 0.1) is 0 Å². The van der Waals surface area contributed by atoms with E-state index in [0.717, 1.165) is 12.8 Å². The molecule has 0 atom stereocenters. The molecule has 1 aliphatic rings. The summed E-state index contributed by atoms with van der Waals surface area (Å²) < 4.78 is 5.09. The van der Waals surface area contributed by atoms with E-state index in [4.69, 9.17) is 4.74 Å². The van der Waals surface area contributed by atoms with Gasteiger partial charge in [-0.2, -0.15) is 0 Å². The first-order valence-corrected chi connectivity index (χ1v) is 9.01. The van der Waals surface area contributed by atoms with E-state index in [1.807, 2.05) is 48.5 Å². The number of ether oxygens (including phenoxy) is 1. The molecule has 0 spiro atoms. The fraction of sp³-hybridized carbons (Fsp3) is 0.875. The van der Waals surface area contributed by atoms with Gasteiger partial charge in [-0.1, -0.05) is 39.5 Å². The molecule has 1 saturated carbocycles. The molecule has 0 aliphatic heterocycles. The first-order valence-electron chi connectivity index (χ1n) is 7.78. The van der Waals surface area contributed by atoms with Gasteiger partial charge in [0, 0.05) is 13.0 Å². The van der Waals surface area contributed by atoms with Crippen LogP contribution in [0.2, 0.25) is 0 Å². The van der Waals surface area contributed by atoms with Gasteiger partial charge in [0.15, 0.2) is 5.12 Å². The molecule has 1 fully saturated rings. The van der Waals surface area contributed by atoms with Crippen molar-refractivity contribution < 1.29 is 14.3 Å². The number of carbonyl (C=O) groups is 2. The number of rotatable bonds is 1. The van der Waals surface area contributed by atoms with E-state index >= 15 is 0 Å². The Balaban J connectivity index is -0.000000304. The van der Waals surface area contributed by atoms with Crippen LogP contribution in [0.15, 0.2) is 0 Å². The molecule has 5 heteroatoms. The lowest BCUT2D eigenvalue weighted by Gasteiger charge is -2.28. The van der Waals surface area contributed by atoms with Gasteiger partial charge in [-0.05, 0) is 46.3 Å². The number of alkyl carbamates (subject to hydrolysis) is 1. The SMILES string of the molecule is CC.CC.CC(C)(C)OC(=O)NC1CCC1.CSC(C)=O. The van der Waals surface area contributed by atoms with Crippen molar-refractivity contribution in [3.05, 3.63) is 0 Å². The third-order valence-corrected chi connectivity index (χ3v) is 2.69. The predicted molar refractivity (Wildman–Crippen MR) is 93.9 cm³/mol. The molecule has 128 valence electrons. The summed E-state index contributed by atoms with van der Waals surface area (Å²) in [5.74, 6) is 0. The molecular weight excluding hydrogens is 286 g/mol. The van der Waals surface area contributed by atoms with E-state index in [-0.39, 0.29) is 16.8 Å². The molecule has 0 aromatic heterocycles. The van der Waals surface area contributed by atoms with Crippen LogP contribution in [0.25, 0.3) is 0 Å². The minimum Gasteiger partial charge on any atom is -0.444 e. The predicted octanol–water partition coefficient (Wildman–Crippen LogP) is 5.01. The highest BCUT2D eigenvalue weighted by atomic mass is 32.2. The summed E-state index contributed by atoms with van der Waals surface area (Å²) in [6, 6.07) is 0.361. The minimum atomic E-state index is -0.381. The summed E-state index contributed by atoms with van der Waals surface area (Å²) in [6.07, 6.45) is 4.90. The third-order valence-electron chi connectivity index (χ3n) is 2.11. The second-order valence-corrected chi connectivity index (χ2v) is 5.95. The lowest BCUT2D eigenvalue weighted by molar-refractivity contribution is -0.109. The molecule has 0 saturated heterocycles. The summed E-state index contributed by atoms with van der Waals surface area (Å²) in [4.78, 5) is 20.9. The summed E-state index contributed by atoms with van der Waals surface area (Å²) in [5.41, 5.74) is -0.381. The van der Waals surface area contributed by atoms with Crippen molar-refractivity contribution in [2.24, 2.45) is 0 Å².